The van der Waals surface area contributed by atoms with E-state index in [1.165, 1.54) is 0 Å². The van der Waals surface area contributed by atoms with E-state index in [1.54, 1.807) is 0 Å². The van der Waals surface area contributed by atoms with Crippen LogP contribution in [0.1, 0.15) is 16.8 Å². The van der Waals surface area contributed by atoms with Gasteiger partial charge in [0.25, 0.3) is 5.91 Å². The van der Waals surface area contributed by atoms with E-state index in [-0.39, 0.29) is 16.5 Å². The minimum Gasteiger partial charge on any atom is -0.769 e. The standard InChI is InChI=1S/C10H12BrN3O5/c11-2-1-3-12-10(15)7-4-8(13(16)17)6-9(5-7)14(18)19/h4-6,16-17H,1-3H2,(H,12,15)/q-2. The lowest BCUT2D eigenvalue weighted by molar-refractivity contribution is 0.0291. The van der Waals surface area contributed by atoms with Gasteiger partial charge in [0.1, 0.15) is 0 Å². The molecule has 0 saturated carbocycles. The summed E-state index contributed by atoms with van der Waals surface area (Å²) in [7, 11) is 0. The Morgan fingerprint density at radius 3 is 2.42 bits per heavy atom. The molecule has 106 valence electrons. The van der Waals surface area contributed by atoms with Crippen LogP contribution in [-0.4, -0.2) is 28.2 Å². The number of hydrogen-bond donors (Lipinski definition) is 3. The first kappa shape index (κ1) is 15.7. The second kappa shape index (κ2) is 7.26. The summed E-state index contributed by atoms with van der Waals surface area (Å²) < 4.78 is 0. The number of hydrogen-bond acceptors (Lipinski definition) is 7. The molecule has 1 aromatic carbocycles. The molecule has 19 heavy (non-hydrogen) atoms. The maximum Gasteiger partial charge on any atom is 0.251 e. The average molecular weight is 334 g/mol. The lowest BCUT2D eigenvalue weighted by atomic mass is 10.1. The van der Waals surface area contributed by atoms with Gasteiger partial charge in [0.15, 0.2) is 0 Å². The molecule has 0 fully saturated rings. The molecule has 1 rings (SSSR count). The second-order valence-electron chi connectivity index (χ2n) is 3.58. The molecule has 0 heterocycles. The lowest BCUT2D eigenvalue weighted by Gasteiger charge is -2.38. The molecular formula is C10H12BrN3O5-2. The number of benzene rings is 1. The molecular weight excluding hydrogens is 322 g/mol. The lowest BCUT2D eigenvalue weighted by Crippen LogP contribution is -2.25. The summed E-state index contributed by atoms with van der Waals surface area (Å²) in [5.74, 6) is -0.521. The minimum absolute atomic E-state index is 0.0214. The third-order valence-corrected chi connectivity index (χ3v) is 2.76. The molecule has 0 aliphatic carbocycles. The average Bonchev–Trinajstić information content (AvgIpc) is 2.38. The van der Waals surface area contributed by atoms with E-state index in [0.717, 1.165) is 18.2 Å². The third kappa shape index (κ3) is 4.65. The highest BCUT2D eigenvalue weighted by Gasteiger charge is 2.10. The fourth-order valence-corrected chi connectivity index (χ4v) is 1.60. The topological polar surface area (TPSA) is 122 Å². The van der Waals surface area contributed by atoms with Crippen molar-refractivity contribution in [2.75, 3.05) is 22.3 Å². The number of amides is 1. The normalized spacial score (nSPS) is 10.2. The Hall–Kier alpha value is -1.39. The zero-order valence-electron chi connectivity index (χ0n) is 9.74. The van der Waals surface area contributed by atoms with Crippen molar-refractivity contribution in [2.24, 2.45) is 0 Å². The van der Waals surface area contributed by atoms with Crippen molar-refractivity contribution in [3.05, 3.63) is 34.2 Å². The molecule has 0 spiro atoms. The van der Waals surface area contributed by atoms with Crippen molar-refractivity contribution in [1.29, 1.82) is 0 Å². The van der Waals surface area contributed by atoms with Gasteiger partial charge in [0.05, 0.1) is 5.69 Å². The van der Waals surface area contributed by atoms with Crippen molar-refractivity contribution in [3.8, 4) is 0 Å². The molecule has 1 amide bonds. The van der Waals surface area contributed by atoms with E-state index in [4.69, 9.17) is 10.4 Å². The maximum atomic E-state index is 11.7. The zero-order chi connectivity index (χ0) is 14.4. The summed E-state index contributed by atoms with van der Waals surface area (Å²) in [4.78, 5) is 11.7. The highest BCUT2D eigenvalue weighted by atomic mass is 79.9. The summed E-state index contributed by atoms with van der Waals surface area (Å²) in [6.07, 6.45) is 0.708. The first-order chi connectivity index (χ1) is 8.95. The summed E-state index contributed by atoms with van der Waals surface area (Å²) in [6.45, 7) is 0.407. The van der Waals surface area contributed by atoms with Gasteiger partial charge in [0, 0.05) is 23.1 Å². The Kier molecular flexibility index (Phi) is 5.99. The highest BCUT2D eigenvalue weighted by Crippen LogP contribution is 2.23. The second-order valence-corrected chi connectivity index (χ2v) is 4.38. The Bertz CT molecular complexity index is 415. The summed E-state index contributed by atoms with van der Waals surface area (Å²) in [5.41, 5.74) is -0.692. The number of anilines is 2. The van der Waals surface area contributed by atoms with Gasteiger partial charge in [-0.15, -0.1) is 5.23 Å². The monoisotopic (exact) mass is 333 g/mol. The summed E-state index contributed by atoms with van der Waals surface area (Å²) in [6, 6.07) is 3.14. The van der Waals surface area contributed by atoms with Crippen molar-refractivity contribution in [2.45, 2.75) is 6.42 Å². The molecule has 3 N–H and O–H groups in total. The van der Waals surface area contributed by atoms with Crippen molar-refractivity contribution >= 4 is 33.2 Å². The zero-order valence-corrected chi connectivity index (χ0v) is 11.3. The third-order valence-electron chi connectivity index (χ3n) is 2.20. The largest absolute Gasteiger partial charge is 0.769 e. The number of carbonyl (C=O) groups excluding carboxylic acids is 1. The number of nitrogens with zero attached hydrogens (tertiary/aromatic N) is 2. The first-order valence-electron chi connectivity index (χ1n) is 5.27. The van der Waals surface area contributed by atoms with Gasteiger partial charge >= 0.3 is 0 Å². The molecule has 8 nitrogen and oxygen atoms in total. The van der Waals surface area contributed by atoms with Crippen LogP contribution in [0.4, 0.5) is 11.4 Å². The van der Waals surface area contributed by atoms with Gasteiger partial charge in [-0.2, -0.15) is 0 Å². The minimum atomic E-state index is -0.720. The van der Waals surface area contributed by atoms with E-state index in [1.807, 2.05) is 0 Å². The predicted octanol–water partition coefficient (Wildman–Crippen LogP) is 1.59. The molecule has 0 atom stereocenters. The number of nitrogens with one attached hydrogen (secondary N) is 1. The van der Waals surface area contributed by atoms with Gasteiger partial charge in [-0.1, -0.05) is 15.9 Å². The predicted molar refractivity (Wildman–Crippen MR) is 72.5 cm³/mol. The number of alkyl halides is 1. The molecule has 0 aliphatic rings. The van der Waals surface area contributed by atoms with Crippen LogP contribution in [0.2, 0.25) is 0 Å². The van der Waals surface area contributed by atoms with Gasteiger partial charge in [0.2, 0.25) is 0 Å². The fraction of sp³-hybridized carbons (Fsp3) is 0.300. The van der Waals surface area contributed by atoms with Crippen LogP contribution in [0, 0.1) is 10.4 Å². The molecule has 1 aromatic rings. The maximum absolute atomic E-state index is 11.7. The van der Waals surface area contributed by atoms with E-state index < -0.39 is 16.8 Å². The van der Waals surface area contributed by atoms with E-state index in [2.05, 4.69) is 21.2 Å². The van der Waals surface area contributed by atoms with E-state index in [0.29, 0.717) is 18.3 Å². The van der Waals surface area contributed by atoms with Crippen molar-refractivity contribution in [3.63, 3.8) is 0 Å². The van der Waals surface area contributed by atoms with Gasteiger partial charge in [-0.25, -0.2) is 0 Å². The smallest absolute Gasteiger partial charge is 0.251 e. The summed E-state index contributed by atoms with van der Waals surface area (Å²) >= 11 is 3.20. The van der Waals surface area contributed by atoms with Gasteiger partial charge < -0.3 is 21.0 Å². The van der Waals surface area contributed by atoms with Crippen molar-refractivity contribution in [1.82, 2.24) is 5.32 Å². The quantitative estimate of drug-likeness (QED) is 0.410. The molecule has 0 aliphatic heterocycles. The highest BCUT2D eigenvalue weighted by molar-refractivity contribution is 9.09. The van der Waals surface area contributed by atoms with Crippen LogP contribution >= 0.6 is 15.9 Å². The number of carbonyl (C=O) groups is 1. The van der Waals surface area contributed by atoms with Crippen LogP contribution in [0.15, 0.2) is 18.2 Å². The number of halogens is 1. The fourth-order valence-electron chi connectivity index (χ4n) is 1.32. The first-order valence-corrected chi connectivity index (χ1v) is 6.39. The Balaban J connectivity index is 2.95. The molecule has 9 heteroatoms. The van der Waals surface area contributed by atoms with Crippen LogP contribution < -0.4 is 15.8 Å². The molecule has 0 unspecified atom stereocenters. The van der Waals surface area contributed by atoms with Crippen LogP contribution in [0.3, 0.4) is 0 Å². The SMILES string of the molecule is O=C(NCCCBr)c1cc(N([O-])[O-])cc(N(O)O)c1. The van der Waals surface area contributed by atoms with E-state index in [9.17, 15) is 15.2 Å². The molecule has 0 radical (unpaired) electrons. The Labute approximate surface area is 117 Å². The molecule has 0 saturated heterocycles. The van der Waals surface area contributed by atoms with E-state index >= 15 is 0 Å². The Morgan fingerprint density at radius 2 is 1.89 bits per heavy atom. The van der Waals surface area contributed by atoms with Gasteiger partial charge in [-0.05, 0) is 24.6 Å². The van der Waals surface area contributed by atoms with Crippen LogP contribution in [0.25, 0.3) is 0 Å². The van der Waals surface area contributed by atoms with Crippen molar-refractivity contribution < 1.29 is 15.2 Å². The van der Waals surface area contributed by atoms with Crippen LogP contribution in [-0.2, 0) is 0 Å². The Morgan fingerprint density at radius 1 is 1.26 bits per heavy atom. The molecule has 0 aromatic heterocycles. The van der Waals surface area contributed by atoms with Gasteiger partial charge in [-0.3, -0.25) is 15.2 Å². The van der Waals surface area contributed by atoms with Crippen LogP contribution in [0.5, 0.6) is 0 Å². The summed E-state index contributed by atoms with van der Waals surface area (Å²) in [5, 5.41) is 41.4. The molecule has 0 bridgehead atoms. The number of rotatable bonds is 6.